The summed E-state index contributed by atoms with van der Waals surface area (Å²) in [6, 6.07) is 15.4. The van der Waals surface area contributed by atoms with E-state index in [9.17, 15) is 14.7 Å². The maximum atomic E-state index is 13.8. The van der Waals surface area contributed by atoms with Gasteiger partial charge in [0.2, 0.25) is 0 Å². The van der Waals surface area contributed by atoms with Gasteiger partial charge in [0.25, 0.3) is 5.56 Å². The van der Waals surface area contributed by atoms with Crippen molar-refractivity contribution in [2.24, 2.45) is 0 Å². The van der Waals surface area contributed by atoms with Gasteiger partial charge in [-0.1, -0.05) is 23.7 Å². The van der Waals surface area contributed by atoms with E-state index in [0.29, 0.717) is 41.4 Å². The summed E-state index contributed by atoms with van der Waals surface area (Å²) < 4.78 is 6.93. The second kappa shape index (κ2) is 10.3. The lowest BCUT2D eigenvalue weighted by molar-refractivity contribution is 0.153. The zero-order chi connectivity index (χ0) is 27.3. The highest BCUT2D eigenvalue weighted by Crippen LogP contribution is 2.38. The predicted octanol–water partition coefficient (Wildman–Crippen LogP) is 5.58. The summed E-state index contributed by atoms with van der Waals surface area (Å²) in [7, 11) is 0. The van der Waals surface area contributed by atoms with Crippen molar-refractivity contribution in [1.29, 1.82) is 0 Å². The number of ether oxygens (including phenoxy) is 1. The van der Waals surface area contributed by atoms with Crippen LogP contribution < -0.4 is 10.9 Å². The molecule has 0 spiro atoms. The normalized spacial score (nSPS) is 19.7. The van der Waals surface area contributed by atoms with Crippen LogP contribution >= 0.6 is 22.9 Å². The lowest BCUT2D eigenvalue weighted by Crippen LogP contribution is -2.45. The number of piperidine rings is 1. The number of aliphatic hydroxyl groups excluding tert-OH is 1. The number of aromatic nitrogens is 2. The number of aryl methyl sites for hydroxylation is 1. The summed E-state index contributed by atoms with van der Waals surface area (Å²) in [5, 5.41) is 15.0. The molecule has 3 atom stereocenters. The maximum absolute atomic E-state index is 13.8. The average molecular weight is 565 g/mol. The van der Waals surface area contributed by atoms with Crippen LogP contribution in [0.15, 0.2) is 53.3 Å². The first-order valence-electron chi connectivity index (χ1n) is 13.0. The van der Waals surface area contributed by atoms with Crippen LogP contribution in [0.1, 0.15) is 42.1 Å². The van der Waals surface area contributed by atoms with Crippen LogP contribution in [0.5, 0.6) is 0 Å². The highest BCUT2D eigenvalue weighted by Gasteiger charge is 2.38. The second-order valence-corrected chi connectivity index (χ2v) is 11.8. The molecule has 2 aromatic heterocycles. The van der Waals surface area contributed by atoms with Crippen LogP contribution in [0.4, 0.5) is 10.5 Å². The quantitative estimate of drug-likeness (QED) is 0.317. The topological polar surface area (TPSA) is 96.7 Å². The van der Waals surface area contributed by atoms with Gasteiger partial charge in [0.15, 0.2) is 0 Å². The summed E-state index contributed by atoms with van der Waals surface area (Å²) in [6.07, 6.45) is 0.737. The molecule has 39 heavy (non-hydrogen) atoms. The summed E-state index contributed by atoms with van der Waals surface area (Å²) in [5.41, 5.74) is 3.25. The van der Waals surface area contributed by atoms with Crippen molar-refractivity contribution in [1.82, 2.24) is 14.5 Å². The van der Waals surface area contributed by atoms with E-state index in [4.69, 9.17) is 21.3 Å². The molecule has 10 heteroatoms. The third-order valence-electron chi connectivity index (χ3n) is 7.55. The van der Waals surface area contributed by atoms with E-state index < -0.39 is 6.10 Å². The van der Waals surface area contributed by atoms with Crippen LogP contribution in [0.25, 0.3) is 21.3 Å². The van der Waals surface area contributed by atoms with Gasteiger partial charge in [0.1, 0.15) is 12.4 Å². The van der Waals surface area contributed by atoms with Crippen LogP contribution in [0, 0.1) is 6.92 Å². The fourth-order valence-electron chi connectivity index (χ4n) is 5.43. The van der Waals surface area contributed by atoms with Gasteiger partial charge in [-0.05, 0) is 68.7 Å². The summed E-state index contributed by atoms with van der Waals surface area (Å²) >= 11 is 7.57. The van der Waals surface area contributed by atoms with Gasteiger partial charge in [-0.15, -0.1) is 11.3 Å². The largest absolute Gasteiger partial charge is 0.447 e. The lowest BCUT2D eigenvalue weighted by atomic mass is 9.97. The van der Waals surface area contributed by atoms with Gasteiger partial charge in [-0.3, -0.25) is 9.36 Å². The summed E-state index contributed by atoms with van der Waals surface area (Å²) in [5.74, 6) is 0.628. The van der Waals surface area contributed by atoms with E-state index in [0.717, 1.165) is 39.4 Å². The number of halogens is 1. The molecule has 2 aromatic carbocycles. The van der Waals surface area contributed by atoms with E-state index in [1.54, 1.807) is 16.4 Å². The Hall–Kier alpha value is -3.40. The number of benzene rings is 2. The van der Waals surface area contributed by atoms with Gasteiger partial charge >= 0.3 is 6.09 Å². The lowest BCUT2D eigenvalue weighted by Gasteiger charge is -2.33. The average Bonchev–Trinajstić information content (AvgIpc) is 3.55. The molecule has 6 rings (SSSR count). The van der Waals surface area contributed by atoms with Gasteiger partial charge in [0, 0.05) is 38.6 Å². The highest BCUT2D eigenvalue weighted by molar-refractivity contribution is 7.15. The molecule has 2 fully saturated rings. The Morgan fingerprint density at radius 1 is 1.21 bits per heavy atom. The minimum atomic E-state index is -0.565. The van der Waals surface area contributed by atoms with Crippen LogP contribution in [-0.2, 0) is 11.3 Å². The Labute approximate surface area is 234 Å². The van der Waals surface area contributed by atoms with E-state index in [2.05, 4.69) is 5.32 Å². The highest BCUT2D eigenvalue weighted by atomic mass is 35.5. The molecule has 8 nitrogen and oxygen atoms in total. The molecule has 2 aliphatic heterocycles. The fourth-order valence-corrected chi connectivity index (χ4v) is 6.54. The Morgan fingerprint density at radius 2 is 2.00 bits per heavy atom. The Kier molecular flexibility index (Phi) is 6.82. The van der Waals surface area contributed by atoms with Crippen LogP contribution in [0.2, 0.25) is 5.02 Å². The maximum Gasteiger partial charge on any atom is 0.410 e. The summed E-state index contributed by atoms with van der Waals surface area (Å²) in [4.78, 5) is 34.2. The third kappa shape index (κ3) is 5.02. The van der Waals surface area contributed by atoms with Gasteiger partial charge in [-0.2, -0.15) is 0 Å². The number of cyclic esters (lactones) is 1. The first-order valence-corrected chi connectivity index (χ1v) is 14.2. The number of fused-ring (bicyclic) bond motifs is 2. The van der Waals surface area contributed by atoms with Crippen molar-refractivity contribution < 1.29 is 14.6 Å². The minimum Gasteiger partial charge on any atom is -0.447 e. The summed E-state index contributed by atoms with van der Waals surface area (Å²) in [6.45, 7) is 5.03. The monoisotopic (exact) mass is 564 g/mol. The molecule has 0 aliphatic carbocycles. The number of carbonyl (C=O) groups excluding carboxylic acids is 1. The van der Waals surface area contributed by atoms with Crippen LogP contribution in [-0.4, -0.2) is 50.9 Å². The third-order valence-corrected chi connectivity index (χ3v) is 9.09. The number of thiophene rings is 1. The van der Waals surface area contributed by atoms with Crippen molar-refractivity contribution in [2.45, 2.75) is 51.4 Å². The number of nitrogens with zero attached hydrogens (tertiary/aromatic N) is 3. The van der Waals surface area contributed by atoms with E-state index >= 15 is 0 Å². The number of nitrogens with one attached hydrogen (secondary N) is 1. The van der Waals surface area contributed by atoms with E-state index in [1.807, 2.05) is 55.5 Å². The smallest absolute Gasteiger partial charge is 0.410 e. The molecule has 2 aliphatic rings. The Morgan fingerprint density at radius 3 is 2.74 bits per heavy atom. The first kappa shape index (κ1) is 25.9. The molecule has 0 radical (unpaired) electrons. The SMILES string of the molecule is Cc1nc2cc(-c3ccc(C(C)O)s3)c(N[C@H]3CCN4C(=O)OC[C@@H]4C3)cc2c(=O)n1Cc1ccc(Cl)cc1. The first-order chi connectivity index (χ1) is 18.8. The number of hydrogen-bond acceptors (Lipinski definition) is 7. The molecule has 4 heterocycles. The van der Waals surface area contributed by atoms with Gasteiger partial charge in [0.05, 0.1) is 29.6 Å². The molecular formula is C29H29ClN4O4S. The van der Waals surface area contributed by atoms with Crippen LogP contribution in [0.3, 0.4) is 0 Å². The number of aliphatic hydroxyl groups is 1. The Balaban J connectivity index is 1.41. The molecule has 0 bridgehead atoms. The zero-order valence-electron chi connectivity index (χ0n) is 21.7. The molecule has 1 amide bonds. The molecule has 202 valence electrons. The molecule has 2 N–H and O–H groups in total. The standard InChI is InChI=1S/C29H29ClN4O4S/c1-16(35)26-7-8-27(39-26)22-12-25-23(13-24(22)32-20-9-10-33-21(11-20)15-38-29(33)37)28(36)34(17(2)31-25)14-18-3-5-19(30)6-4-18/h3-8,12-13,16,20-21,32,35H,9-11,14-15H2,1-2H3/t16?,20-,21-/m0/s1. The molecule has 0 saturated carbocycles. The van der Waals surface area contributed by atoms with E-state index in [-0.39, 0.29) is 23.7 Å². The molecule has 2 saturated heterocycles. The van der Waals surface area contributed by atoms with Crippen molar-refractivity contribution in [2.75, 3.05) is 18.5 Å². The van der Waals surface area contributed by atoms with E-state index in [1.165, 1.54) is 11.3 Å². The number of rotatable bonds is 6. The van der Waals surface area contributed by atoms with Crippen molar-refractivity contribution in [3.8, 4) is 10.4 Å². The fraction of sp³-hybridized carbons (Fsp3) is 0.345. The van der Waals surface area contributed by atoms with Crippen molar-refractivity contribution in [3.05, 3.63) is 80.2 Å². The predicted molar refractivity (Wildman–Crippen MR) is 154 cm³/mol. The number of amides is 1. The molecule has 4 aromatic rings. The molecular weight excluding hydrogens is 536 g/mol. The van der Waals surface area contributed by atoms with Crippen molar-refractivity contribution in [3.63, 3.8) is 0 Å². The van der Waals surface area contributed by atoms with Crippen molar-refractivity contribution >= 4 is 45.6 Å². The molecule has 1 unspecified atom stereocenters. The number of anilines is 1. The Bertz CT molecular complexity index is 1610. The van der Waals surface area contributed by atoms with Gasteiger partial charge in [-0.25, -0.2) is 9.78 Å². The number of carbonyl (C=O) groups is 1. The number of hydrogen-bond donors (Lipinski definition) is 2. The minimum absolute atomic E-state index is 0.0529. The van der Waals surface area contributed by atoms with Gasteiger partial charge < -0.3 is 20.1 Å². The zero-order valence-corrected chi connectivity index (χ0v) is 23.3. The second-order valence-electron chi connectivity index (χ2n) is 10.3.